The summed E-state index contributed by atoms with van der Waals surface area (Å²) in [7, 11) is 0. The Morgan fingerprint density at radius 1 is 1.25 bits per heavy atom. The second kappa shape index (κ2) is 6.68. The third-order valence-electron chi connectivity index (χ3n) is 3.72. The summed E-state index contributed by atoms with van der Waals surface area (Å²) < 4.78 is 1.98. The summed E-state index contributed by atoms with van der Waals surface area (Å²) in [4.78, 5) is 0. The molecule has 0 aliphatic rings. The van der Waals surface area contributed by atoms with Gasteiger partial charge in [-0.3, -0.25) is 0 Å². The molecule has 1 aromatic heterocycles. The highest BCUT2D eigenvalue weighted by Gasteiger charge is 2.13. The maximum atomic E-state index is 9.24. The van der Waals surface area contributed by atoms with Gasteiger partial charge in [-0.1, -0.05) is 25.1 Å². The molecule has 2 aromatic rings. The van der Waals surface area contributed by atoms with Gasteiger partial charge >= 0.3 is 0 Å². The second-order valence-corrected chi connectivity index (χ2v) is 5.07. The smallest absolute Gasteiger partial charge is 0.0648 e. The maximum Gasteiger partial charge on any atom is 0.0648 e. The summed E-state index contributed by atoms with van der Waals surface area (Å²) in [6.07, 6.45) is 0.918. The third-order valence-corrected chi connectivity index (χ3v) is 3.72. The van der Waals surface area contributed by atoms with Crippen LogP contribution in [0.3, 0.4) is 0 Å². The first-order valence-electron chi connectivity index (χ1n) is 7.12. The first-order chi connectivity index (χ1) is 9.67. The van der Waals surface area contributed by atoms with Gasteiger partial charge in [0.05, 0.1) is 18.0 Å². The standard InChI is InChI=1S/C16H23N3O/c1-4-14(11-20)17-10-16-12(2)18-19(13(16)3)15-8-6-5-7-9-15/h5-9,14,17,20H,4,10-11H2,1-3H3. The van der Waals surface area contributed by atoms with Gasteiger partial charge < -0.3 is 10.4 Å². The van der Waals surface area contributed by atoms with Crippen LogP contribution in [0.2, 0.25) is 0 Å². The molecular weight excluding hydrogens is 250 g/mol. The molecule has 1 atom stereocenters. The molecule has 0 saturated carbocycles. The SMILES string of the molecule is CCC(CO)NCc1c(C)nn(-c2ccccc2)c1C. The van der Waals surface area contributed by atoms with Crippen LogP contribution in [0.25, 0.3) is 5.69 Å². The van der Waals surface area contributed by atoms with Gasteiger partial charge in [0.15, 0.2) is 0 Å². The molecule has 0 saturated heterocycles. The van der Waals surface area contributed by atoms with E-state index in [0.717, 1.165) is 30.0 Å². The number of hydrogen-bond donors (Lipinski definition) is 2. The third kappa shape index (κ3) is 3.08. The van der Waals surface area contributed by atoms with E-state index < -0.39 is 0 Å². The maximum absolute atomic E-state index is 9.24. The number of nitrogens with zero attached hydrogens (tertiary/aromatic N) is 2. The monoisotopic (exact) mass is 273 g/mol. The number of aromatic nitrogens is 2. The zero-order valence-corrected chi connectivity index (χ0v) is 12.4. The quantitative estimate of drug-likeness (QED) is 0.849. The summed E-state index contributed by atoms with van der Waals surface area (Å²) in [5, 5.41) is 17.2. The number of nitrogens with one attached hydrogen (secondary N) is 1. The average Bonchev–Trinajstić information content (AvgIpc) is 2.77. The van der Waals surface area contributed by atoms with E-state index in [1.807, 2.05) is 29.8 Å². The van der Waals surface area contributed by atoms with Gasteiger partial charge in [0.2, 0.25) is 0 Å². The Morgan fingerprint density at radius 3 is 2.55 bits per heavy atom. The molecule has 1 heterocycles. The lowest BCUT2D eigenvalue weighted by atomic mass is 10.1. The van der Waals surface area contributed by atoms with Crippen LogP contribution in [0.1, 0.15) is 30.3 Å². The highest BCUT2D eigenvalue weighted by Crippen LogP contribution is 2.17. The minimum Gasteiger partial charge on any atom is -0.395 e. The van der Waals surface area contributed by atoms with Crippen LogP contribution in [0.4, 0.5) is 0 Å². The van der Waals surface area contributed by atoms with Crippen LogP contribution in [0.5, 0.6) is 0 Å². The average molecular weight is 273 g/mol. The lowest BCUT2D eigenvalue weighted by Crippen LogP contribution is -2.31. The number of aliphatic hydroxyl groups excluding tert-OH is 1. The van der Waals surface area contributed by atoms with Gasteiger partial charge in [0.25, 0.3) is 0 Å². The molecule has 0 radical (unpaired) electrons. The highest BCUT2D eigenvalue weighted by molar-refractivity contribution is 5.36. The molecule has 0 aliphatic carbocycles. The molecule has 0 aliphatic heterocycles. The van der Waals surface area contributed by atoms with Crippen LogP contribution in [-0.2, 0) is 6.54 Å². The zero-order chi connectivity index (χ0) is 14.5. The van der Waals surface area contributed by atoms with Crippen molar-refractivity contribution in [2.45, 2.75) is 39.8 Å². The molecule has 4 heteroatoms. The van der Waals surface area contributed by atoms with Crippen LogP contribution in [0, 0.1) is 13.8 Å². The molecule has 1 aromatic carbocycles. The van der Waals surface area contributed by atoms with Crippen LogP contribution in [-0.4, -0.2) is 27.5 Å². The fourth-order valence-electron chi connectivity index (χ4n) is 2.34. The zero-order valence-electron chi connectivity index (χ0n) is 12.4. The summed E-state index contributed by atoms with van der Waals surface area (Å²) in [5.41, 5.74) is 4.47. The van der Waals surface area contributed by atoms with Crippen molar-refractivity contribution in [3.8, 4) is 5.69 Å². The number of aliphatic hydroxyl groups is 1. The Bertz CT molecular complexity index is 544. The number of para-hydroxylation sites is 1. The van der Waals surface area contributed by atoms with E-state index in [1.54, 1.807) is 0 Å². The minimum atomic E-state index is 0.147. The van der Waals surface area contributed by atoms with Gasteiger partial charge in [-0.05, 0) is 32.4 Å². The van der Waals surface area contributed by atoms with E-state index in [4.69, 9.17) is 0 Å². The summed E-state index contributed by atoms with van der Waals surface area (Å²) in [6.45, 7) is 7.10. The Labute approximate surface area is 120 Å². The van der Waals surface area contributed by atoms with Crippen molar-refractivity contribution in [3.63, 3.8) is 0 Å². The predicted molar refractivity (Wildman–Crippen MR) is 81.0 cm³/mol. The molecule has 0 amide bonds. The fourth-order valence-corrected chi connectivity index (χ4v) is 2.34. The van der Waals surface area contributed by atoms with Gasteiger partial charge in [-0.2, -0.15) is 5.10 Å². The summed E-state index contributed by atoms with van der Waals surface area (Å²) in [5.74, 6) is 0. The van der Waals surface area contributed by atoms with Crippen molar-refractivity contribution in [2.75, 3.05) is 6.61 Å². The normalized spacial score (nSPS) is 12.6. The Morgan fingerprint density at radius 2 is 1.95 bits per heavy atom. The van der Waals surface area contributed by atoms with Crippen molar-refractivity contribution in [1.82, 2.24) is 15.1 Å². The fraction of sp³-hybridized carbons (Fsp3) is 0.438. The van der Waals surface area contributed by atoms with Crippen molar-refractivity contribution in [2.24, 2.45) is 0 Å². The van der Waals surface area contributed by atoms with E-state index >= 15 is 0 Å². The second-order valence-electron chi connectivity index (χ2n) is 5.07. The van der Waals surface area contributed by atoms with E-state index in [9.17, 15) is 5.11 Å². The topological polar surface area (TPSA) is 50.1 Å². The molecule has 2 rings (SSSR count). The van der Waals surface area contributed by atoms with Gasteiger partial charge in [-0.25, -0.2) is 4.68 Å². The van der Waals surface area contributed by atoms with Crippen molar-refractivity contribution in [3.05, 3.63) is 47.3 Å². The summed E-state index contributed by atoms with van der Waals surface area (Å²) in [6, 6.07) is 10.3. The van der Waals surface area contributed by atoms with Gasteiger partial charge in [-0.15, -0.1) is 0 Å². The first kappa shape index (κ1) is 14.8. The number of rotatable bonds is 6. The minimum absolute atomic E-state index is 0.147. The predicted octanol–water partition coefficient (Wildman–Crippen LogP) is 2.35. The lowest BCUT2D eigenvalue weighted by Gasteiger charge is -2.14. The lowest BCUT2D eigenvalue weighted by molar-refractivity contribution is 0.238. The molecule has 0 spiro atoms. The molecule has 2 N–H and O–H groups in total. The molecule has 1 unspecified atom stereocenters. The van der Waals surface area contributed by atoms with Crippen molar-refractivity contribution in [1.29, 1.82) is 0 Å². The Balaban J connectivity index is 2.21. The highest BCUT2D eigenvalue weighted by atomic mass is 16.3. The molecule has 4 nitrogen and oxygen atoms in total. The molecule has 0 fully saturated rings. The molecule has 20 heavy (non-hydrogen) atoms. The van der Waals surface area contributed by atoms with Crippen LogP contribution in [0.15, 0.2) is 30.3 Å². The molecule has 0 bridgehead atoms. The first-order valence-corrected chi connectivity index (χ1v) is 7.12. The number of benzene rings is 1. The largest absolute Gasteiger partial charge is 0.395 e. The van der Waals surface area contributed by atoms with Crippen molar-refractivity contribution >= 4 is 0 Å². The van der Waals surface area contributed by atoms with Gasteiger partial charge in [0, 0.05) is 23.8 Å². The number of aryl methyl sites for hydroxylation is 1. The van der Waals surface area contributed by atoms with E-state index in [-0.39, 0.29) is 12.6 Å². The van der Waals surface area contributed by atoms with E-state index in [2.05, 4.69) is 36.4 Å². The van der Waals surface area contributed by atoms with Crippen LogP contribution >= 0.6 is 0 Å². The summed E-state index contributed by atoms with van der Waals surface area (Å²) >= 11 is 0. The molecule has 108 valence electrons. The van der Waals surface area contributed by atoms with E-state index in [0.29, 0.717) is 0 Å². The Hall–Kier alpha value is -1.65. The molecular formula is C16H23N3O. The number of hydrogen-bond acceptors (Lipinski definition) is 3. The van der Waals surface area contributed by atoms with Gasteiger partial charge in [0.1, 0.15) is 0 Å². The van der Waals surface area contributed by atoms with Crippen molar-refractivity contribution < 1.29 is 5.11 Å². The van der Waals surface area contributed by atoms with Crippen LogP contribution < -0.4 is 5.32 Å². The Kier molecular flexibility index (Phi) is 4.93. The van der Waals surface area contributed by atoms with E-state index in [1.165, 1.54) is 5.56 Å².